The third-order valence-electron chi connectivity index (χ3n) is 4.64. The molecule has 144 valence electrons. The number of carbonyl (C=O) groups excluding carboxylic acids is 1. The van der Waals surface area contributed by atoms with Crippen LogP contribution in [0.25, 0.3) is 22.1 Å². The molecule has 0 spiro atoms. The first-order valence-electron chi connectivity index (χ1n) is 8.90. The van der Waals surface area contributed by atoms with Crippen LogP contribution in [0.5, 0.6) is 5.75 Å². The number of hydrogen-bond donors (Lipinski definition) is 2. The fourth-order valence-electron chi connectivity index (χ4n) is 3.11. The Morgan fingerprint density at radius 1 is 1.00 bits per heavy atom. The van der Waals surface area contributed by atoms with Crippen LogP contribution >= 0.6 is 0 Å². The molecule has 1 amide bonds. The van der Waals surface area contributed by atoms with Crippen LogP contribution in [-0.4, -0.2) is 11.0 Å². The van der Waals surface area contributed by atoms with Crippen LogP contribution in [0.15, 0.2) is 82.2 Å². The van der Waals surface area contributed by atoms with Gasteiger partial charge in [0.25, 0.3) is 5.91 Å². The van der Waals surface area contributed by atoms with Gasteiger partial charge in [-0.25, -0.2) is 4.39 Å². The number of phenolic OH excluding ortho intramolecular Hbond substituents is 1. The zero-order chi connectivity index (χ0) is 20.4. The summed E-state index contributed by atoms with van der Waals surface area (Å²) in [7, 11) is 0. The standard InChI is InChI=1S/C23H16FNO4/c24-16-8-6-14(7-9-16)19-13-29-22-17(21(19)27)10-11-20(26)18(22)12-25-23(28)15-4-2-1-3-5-15/h1-11,13,26H,12H2,(H,25,28). The van der Waals surface area contributed by atoms with Crippen LogP contribution in [0, 0.1) is 5.82 Å². The van der Waals surface area contributed by atoms with Gasteiger partial charge in [0.05, 0.1) is 23.1 Å². The molecule has 0 aliphatic carbocycles. The maximum atomic E-state index is 13.2. The summed E-state index contributed by atoms with van der Waals surface area (Å²) in [4.78, 5) is 25.2. The van der Waals surface area contributed by atoms with Crippen molar-refractivity contribution < 1.29 is 18.7 Å². The molecule has 0 aliphatic heterocycles. The van der Waals surface area contributed by atoms with E-state index >= 15 is 0 Å². The predicted octanol–water partition coefficient (Wildman–Crippen LogP) is 4.23. The number of hydrogen-bond acceptors (Lipinski definition) is 4. The molecule has 0 radical (unpaired) electrons. The SMILES string of the molecule is O=C(NCc1c(O)ccc2c(=O)c(-c3ccc(F)cc3)coc12)c1ccccc1. The fraction of sp³-hybridized carbons (Fsp3) is 0.0435. The first kappa shape index (κ1) is 18.4. The summed E-state index contributed by atoms with van der Waals surface area (Å²) in [5.74, 6) is -0.809. The number of carbonyl (C=O) groups is 1. The summed E-state index contributed by atoms with van der Waals surface area (Å²) < 4.78 is 18.8. The van der Waals surface area contributed by atoms with E-state index in [4.69, 9.17) is 4.42 Å². The van der Waals surface area contributed by atoms with Gasteiger partial charge in [0.2, 0.25) is 5.43 Å². The smallest absolute Gasteiger partial charge is 0.251 e. The minimum atomic E-state index is -0.403. The Morgan fingerprint density at radius 2 is 1.72 bits per heavy atom. The summed E-state index contributed by atoms with van der Waals surface area (Å²) in [5.41, 5.74) is 1.46. The van der Waals surface area contributed by atoms with Crippen molar-refractivity contribution in [1.29, 1.82) is 0 Å². The highest BCUT2D eigenvalue weighted by Crippen LogP contribution is 2.28. The van der Waals surface area contributed by atoms with Gasteiger partial charge in [-0.2, -0.15) is 0 Å². The topological polar surface area (TPSA) is 79.5 Å². The second kappa shape index (κ2) is 7.59. The van der Waals surface area contributed by atoms with E-state index < -0.39 is 5.82 Å². The van der Waals surface area contributed by atoms with E-state index in [1.807, 2.05) is 0 Å². The molecular formula is C23H16FNO4. The minimum Gasteiger partial charge on any atom is -0.507 e. The molecule has 1 heterocycles. The van der Waals surface area contributed by atoms with Crippen molar-refractivity contribution in [3.8, 4) is 16.9 Å². The van der Waals surface area contributed by atoms with E-state index in [9.17, 15) is 19.1 Å². The largest absolute Gasteiger partial charge is 0.507 e. The lowest BCUT2D eigenvalue weighted by Gasteiger charge is -2.10. The number of amides is 1. The molecule has 5 nitrogen and oxygen atoms in total. The molecule has 0 fully saturated rings. The van der Waals surface area contributed by atoms with Gasteiger partial charge in [0.1, 0.15) is 23.4 Å². The number of rotatable bonds is 4. The van der Waals surface area contributed by atoms with Crippen LogP contribution in [-0.2, 0) is 6.54 Å². The molecule has 3 aromatic carbocycles. The second-order valence-corrected chi connectivity index (χ2v) is 6.47. The Hall–Kier alpha value is -3.93. The monoisotopic (exact) mass is 389 g/mol. The lowest BCUT2D eigenvalue weighted by Crippen LogP contribution is -2.23. The van der Waals surface area contributed by atoms with Crippen LogP contribution < -0.4 is 10.7 Å². The van der Waals surface area contributed by atoms with Gasteiger partial charge in [-0.05, 0) is 42.0 Å². The average molecular weight is 389 g/mol. The number of halogens is 1. The van der Waals surface area contributed by atoms with Gasteiger partial charge in [-0.3, -0.25) is 9.59 Å². The molecule has 2 N–H and O–H groups in total. The van der Waals surface area contributed by atoms with E-state index in [-0.39, 0.29) is 40.2 Å². The zero-order valence-corrected chi connectivity index (χ0v) is 15.2. The molecule has 0 saturated carbocycles. The van der Waals surface area contributed by atoms with Crippen molar-refractivity contribution in [2.24, 2.45) is 0 Å². The van der Waals surface area contributed by atoms with Crippen molar-refractivity contribution in [1.82, 2.24) is 5.32 Å². The Kier molecular flexibility index (Phi) is 4.83. The third-order valence-corrected chi connectivity index (χ3v) is 4.64. The van der Waals surface area contributed by atoms with Crippen molar-refractivity contribution in [2.75, 3.05) is 0 Å². The summed E-state index contributed by atoms with van der Waals surface area (Å²) in [6.45, 7) is -0.0181. The average Bonchev–Trinajstić information content (AvgIpc) is 2.74. The van der Waals surface area contributed by atoms with Gasteiger partial charge < -0.3 is 14.8 Å². The molecule has 6 heteroatoms. The van der Waals surface area contributed by atoms with Crippen molar-refractivity contribution in [3.63, 3.8) is 0 Å². The lowest BCUT2D eigenvalue weighted by molar-refractivity contribution is 0.0951. The summed E-state index contributed by atoms with van der Waals surface area (Å²) >= 11 is 0. The van der Waals surface area contributed by atoms with Gasteiger partial charge in [0.15, 0.2) is 0 Å². The van der Waals surface area contributed by atoms with E-state index in [0.29, 0.717) is 16.7 Å². The quantitative estimate of drug-likeness (QED) is 0.547. The molecule has 0 atom stereocenters. The van der Waals surface area contributed by atoms with E-state index in [2.05, 4.69) is 5.32 Å². The maximum Gasteiger partial charge on any atom is 0.251 e. The number of benzene rings is 3. The first-order chi connectivity index (χ1) is 14.0. The normalized spacial score (nSPS) is 10.8. The highest BCUT2D eigenvalue weighted by atomic mass is 19.1. The molecule has 0 bridgehead atoms. The summed E-state index contributed by atoms with van der Waals surface area (Å²) in [6.07, 6.45) is 1.28. The second-order valence-electron chi connectivity index (χ2n) is 6.47. The Bertz CT molecular complexity index is 1250. The number of phenols is 1. The molecular weight excluding hydrogens is 373 g/mol. The fourth-order valence-corrected chi connectivity index (χ4v) is 3.11. The maximum absolute atomic E-state index is 13.2. The van der Waals surface area contributed by atoms with Crippen LogP contribution in [0.1, 0.15) is 15.9 Å². The summed E-state index contributed by atoms with van der Waals surface area (Å²) in [5, 5.41) is 13.2. The third kappa shape index (κ3) is 3.60. The van der Waals surface area contributed by atoms with Crippen molar-refractivity contribution >= 4 is 16.9 Å². The first-order valence-corrected chi connectivity index (χ1v) is 8.90. The van der Waals surface area contributed by atoms with Crippen molar-refractivity contribution in [2.45, 2.75) is 6.54 Å². The van der Waals surface area contributed by atoms with E-state index in [0.717, 1.165) is 0 Å². The number of nitrogens with one attached hydrogen (secondary N) is 1. The van der Waals surface area contributed by atoms with Crippen LogP contribution in [0.2, 0.25) is 0 Å². The molecule has 0 saturated heterocycles. The van der Waals surface area contributed by atoms with Crippen molar-refractivity contribution in [3.05, 3.63) is 100 Å². The Morgan fingerprint density at radius 3 is 2.45 bits per heavy atom. The molecule has 4 rings (SSSR count). The van der Waals surface area contributed by atoms with Gasteiger partial charge in [-0.1, -0.05) is 30.3 Å². The molecule has 0 aliphatic rings. The lowest BCUT2D eigenvalue weighted by atomic mass is 10.0. The Labute approximate surface area is 165 Å². The van der Waals surface area contributed by atoms with Gasteiger partial charge in [-0.15, -0.1) is 0 Å². The summed E-state index contributed by atoms with van der Waals surface area (Å²) in [6, 6.07) is 17.0. The van der Waals surface area contributed by atoms with Crippen LogP contribution in [0.3, 0.4) is 0 Å². The van der Waals surface area contributed by atoms with Crippen LogP contribution in [0.4, 0.5) is 4.39 Å². The predicted molar refractivity (Wildman–Crippen MR) is 107 cm³/mol. The van der Waals surface area contributed by atoms with E-state index in [1.54, 1.807) is 30.3 Å². The molecule has 29 heavy (non-hydrogen) atoms. The highest BCUT2D eigenvalue weighted by Gasteiger charge is 2.16. The molecule has 0 unspecified atom stereocenters. The Balaban J connectivity index is 1.70. The van der Waals surface area contributed by atoms with Gasteiger partial charge in [0, 0.05) is 5.56 Å². The molecule has 1 aromatic heterocycles. The zero-order valence-electron chi connectivity index (χ0n) is 15.2. The van der Waals surface area contributed by atoms with E-state index in [1.165, 1.54) is 42.7 Å². The van der Waals surface area contributed by atoms with Gasteiger partial charge >= 0.3 is 0 Å². The highest BCUT2D eigenvalue weighted by molar-refractivity contribution is 5.94. The minimum absolute atomic E-state index is 0.0181. The number of fused-ring (bicyclic) bond motifs is 1. The number of aromatic hydroxyl groups is 1. The molecule has 4 aromatic rings.